The highest BCUT2D eigenvalue weighted by molar-refractivity contribution is 5.87. The van der Waals surface area contributed by atoms with Crippen LogP contribution in [0.2, 0.25) is 0 Å². The van der Waals surface area contributed by atoms with Crippen molar-refractivity contribution in [2.75, 3.05) is 6.61 Å². The summed E-state index contributed by atoms with van der Waals surface area (Å²) in [5.74, 6) is -0.961. The Kier molecular flexibility index (Phi) is 4.57. The molecule has 6 nitrogen and oxygen atoms in total. The molecule has 2 rings (SSSR count). The average molecular weight is 278 g/mol. The zero-order valence-corrected chi connectivity index (χ0v) is 11.3. The third kappa shape index (κ3) is 3.71. The van der Waals surface area contributed by atoms with Gasteiger partial charge in [0.1, 0.15) is 0 Å². The first-order valence-electron chi connectivity index (χ1n) is 6.54. The standard InChI is InChI=1S/C14H18N2O4/c1-9-12(6-7-20-9)16-14(19)15-8-10-2-4-11(5-3-10)13(17)18/h2-5,9,12H,6-8H2,1H3,(H,17,18)(H2,15,16,19)/t9-,12-/m1/s1. The molecule has 0 saturated carbocycles. The predicted molar refractivity (Wildman–Crippen MR) is 72.6 cm³/mol. The van der Waals surface area contributed by atoms with Gasteiger partial charge in [-0.3, -0.25) is 0 Å². The van der Waals surface area contributed by atoms with E-state index < -0.39 is 5.97 Å². The summed E-state index contributed by atoms with van der Waals surface area (Å²) < 4.78 is 5.37. The molecule has 1 aromatic carbocycles. The van der Waals surface area contributed by atoms with E-state index >= 15 is 0 Å². The van der Waals surface area contributed by atoms with Crippen LogP contribution in [0.4, 0.5) is 4.79 Å². The van der Waals surface area contributed by atoms with Gasteiger partial charge >= 0.3 is 12.0 Å². The Morgan fingerprint density at radius 3 is 2.60 bits per heavy atom. The van der Waals surface area contributed by atoms with Gasteiger partial charge in [0.15, 0.2) is 0 Å². The van der Waals surface area contributed by atoms with Gasteiger partial charge in [-0.25, -0.2) is 9.59 Å². The number of hydrogen-bond donors (Lipinski definition) is 3. The summed E-state index contributed by atoms with van der Waals surface area (Å²) >= 11 is 0. The van der Waals surface area contributed by atoms with Crippen LogP contribution < -0.4 is 10.6 Å². The van der Waals surface area contributed by atoms with Gasteiger partial charge in [-0.2, -0.15) is 0 Å². The fourth-order valence-electron chi connectivity index (χ4n) is 2.09. The number of ether oxygens (including phenoxy) is 1. The molecular weight excluding hydrogens is 260 g/mol. The molecule has 0 unspecified atom stereocenters. The Morgan fingerprint density at radius 1 is 1.35 bits per heavy atom. The predicted octanol–water partition coefficient (Wildman–Crippen LogP) is 1.36. The van der Waals surface area contributed by atoms with Crippen molar-refractivity contribution in [1.29, 1.82) is 0 Å². The number of nitrogens with one attached hydrogen (secondary N) is 2. The monoisotopic (exact) mass is 278 g/mol. The van der Waals surface area contributed by atoms with Gasteiger partial charge in [0.2, 0.25) is 0 Å². The van der Waals surface area contributed by atoms with Crippen LogP contribution in [-0.4, -0.2) is 35.9 Å². The Labute approximate surface area is 117 Å². The van der Waals surface area contributed by atoms with Crippen LogP contribution in [0.15, 0.2) is 24.3 Å². The van der Waals surface area contributed by atoms with E-state index in [9.17, 15) is 9.59 Å². The Bertz CT molecular complexity index is 486. The van der Waals surface area contributed by atoms with Gasteiger partial charge in [0.25, 0.3) is 0 Å². The second kappa shape index (κ2) is 6.38. The largest absolute Gasteiger partial charge is 0.478 e. The first kappa shape index (κ1) is 14.3. The van der Waals surface area contributed by atoms with Gasteiger partial charge in [-0.15, -0.1) is 0 Å². The number of amides is 2. The van der Waals surface area contributed by atoms with Crippen molar-refractivity contribution >= 4 is 12.0 Å². The molecule has 0 aromatic heterocycles. The van der Waals surface area contributed by atoms with Crippen molar-refractivity contribution in [1.82, 2.24) is 10.6 Å². The molecule has 1 aliphatic rings. The zero-order valence-electron chi connectivity index (χ0n) is 11.3. The van der Waals surface area contributed by atoms with Crippen LogP contribution in [0.1, 0.15) is 29.3 Å². The summed E-state index contributed by atoms with van der Waals surface area (Å²) in [6, 6.07) is 6.21. The summed E-state index contributed by atoms with van der Waals surface area (Å²) in [6.45, 7) is 2.96. The minimum atomic E-state index is -0.961. The van der Waals surface area contributed by atoms with E-state index in [2.05, 4.69) is 10.6 Å². The van der Waals surface area contributed by atoms with Crippen LogP contribution in [-0.2, 0) is 11.3 Å². The van der Waals surface area contributed by atoms with E-state index in [0.29, 0.717) is 13.2 Å². The molecule has 6 heteroatoms. The third-order valence-electron chi connectivity index (χ3n) is 3.35. The number of urea groups is 1. The lowest BCUT2D eigenvalue weighted by Crippen LogP contribution is -2.44. The number of carboxylic acids is 1. The van der Waals surface area contributed by atoms with Crippen molar-refractivity contribution in [2.24, 2.45) is 0 Å². The number of hydrogen-bond acceptors (Lipinski definition) is 3. The van der Waals surface area contributed by atoms with Crippen LogP contribution in [0.5, 0.6) is 0 Å². The van der Waals surface area contributed by atoms with E-state index in [-0.39, 0.29) is 23.7 Å². The summed E-state index contributed by atoms with van der Waals surface area (Å²) in [5.41, 5.74) is 1.08. The maximum absolute atomic E-state index is 11.7. The lowest BCUT2D eigenvalue weighted by molar-refractivity contribution is 0.0697. The molecule has 0 spiro atoms. The number of aromatic carboxylic acids is 1. The molecule has 108 valence electrons. The van der Waals surface area contributed by atoms with E-state index in [4.69, 9.17) is 9.84 Å². The maximum atomic E-state index is 11.7. The van der Waals surface area contributed by atoms with Crippen molar-refractivity contribution in [3.05, 3.63) is 35.4 Å². The van der Waals surface area contributed by atoms with Crippen LogP contribution in [0.25, 0.3) is 0 Å². The molecule has 2 amide bonds. The number of carbonyl (C=O) groups excluding carboxylic acids is 1. The first-order valence-corrected chi connectivity index (χ1v) is 6.54. The molecule has 1 fully saturated rings. The molecule has 0 aliphatic carbocycles. The minimum absolute atomic E-state index is 0.0376. The Hall–Kier alpha value is -2.08. The van der Waals surface area contributed by atoms with Crippen LogP contribution >= 0.6 is 0 Å². The zero-order chi connectivity index (χ0) is 14.5. The number of carbonyl (C=O) groups is 2. The SMILES string of the molecule is C[C@H]1OCC[C@H]1NC(=O)NCc1ccc(C(=O)O)cc1. The van der Waals surface area contributed by atoms with Crippen LogP contribution in [0.3, 0.4) is 0 Å². The van der Waals surface area contributed by atoms with Gasteiger partial charge in [0, 0.05) is 13.2 Å². The summed E-state index contributed by atoms with van der Waals surface area (Å²) in [5, 5.41) is 14.4. The summed E-state index contributed by atoms with van der Waals surface area (Å²) in [7, 11) is 0. The molecule has 2 atom stereocenters. The van der Waals surface area contributed by atoms with Crippen molar-refractivity contribution in [3.8, 4) is 0 Å². The van der Waals surface area contributed by atoms with Gasteiger partial charge in [0.05, 0.1) is 17.7 Å². The van der Waals surface area contributed by atoms with Crippen LogP contribution in [0, 0.1) is 0 Å². The molecular formula is C14H18N2O4. The molecule has 3 N–H and O–H groups in total. The van der Waals surface area contributed by atoms with Crippen molar-refractivity contribution < 1.29 is 19.4 Å². The quantitative estimate of drug-likeness (QED) is 0.776. The highest BCUT2D eigenvalue weighted by Crippen LogP contribution is 2.12. The van der Waals surface area contributed by atoms with Gasteiger partial charge < -0.3 is 20.5 Å². The minimum Gasteiger partial charge on any atom is -0.478 e. The van der Waals surface area contributed by atoms with Crippen molar-refractivity contribution in [2.45, 2.75) is 32.0 Å². The topological polar surface area (TPSA) is 87.7 Å². The third-order valence-corrected chi connectivity index (χ3v) is 3.35. The smallest absolute Gasteiger partial charge is 0.335 e. The summed E-state index contributed by atoms with van der Waals surface area (Å²) in [4.78, 5) is 22.4. The van der Waals surface area contributed by atoms with Gasteiger partial charge in [-0.05, 0) is 31.0 Å². The molecule has 1 heterocycles. The molecule has 1 aliphatic heterocycles. The van der Waals surface area contributed by atoms with Crippen molar-refractivity contribution in [3.63, 3.8) is 0 Å². The van der Waals surface area contributed by atoms with E-state index in [1.54, 1.807) is 12.1 Å². The maximum Gasteiger partial charge on any atom is 0.335 e. The number of benzene rings is 1. The highest BCUT2D eigenvalue weighted by Gasteiger charge is 2.25. The fourth-order valence-corrected chi connectivity index (χ4v) is 2.09. The molecule has 1 saturated heterocycles. The second-order valence-corrected chi connectivity index (χ2v) is 4.80. The normalized spacial score (nSPS) is 21.4. The summed E-state index contributed by atoms with van der Waals surface area (Å²) in [6.07, 6.45) is 0.859. The molecule has 1 aromatic rings. The molecule has 0 bridgehead atoms. The molecule has 0 radical (unpaired) electrons. The lowest BCUT2D eigenvalue weighted by atomic mass is 10.1. The highest BCUT2D eigenvalue weighted by atomic mass is 16.5. The average Bonchev–Trinajstić information content (AvgIpc) is 2.82. The Balaban J connectivity index is 1.79. The second-order valence-electron chi connectivity index (χ2n) is 4.80. The first-order chi connectivity index (χ1) is 9.56. The Morgan fingerprint density at radius 2 is 2.05 bits per heavy atom. The van der Waals surface area contributed by atoms with E-state index in [1.165, 1.54) is 12.1 Å². The van der Waals surface area contributed by atoms with Gasteiger partial charge in [-0.1, -0.05) is 12.1 Å². The number of rotatable bonds is 4. The lowest BCUT2D eigenvalue weighted by Gasteiger charge is -2.16. The fraction of sp³-hybridized carbons (Fsp3) is 0.429. The van der Waals surface area contributed by atoms with E-state index in [1.807, 2.05) is 6.92 Å². The van der Waals surface area contributed by atoms with E-state index in [0.717, 1.165) is 12.0 Å². The number of carboxylic acid groups (broad SMARTS) is 1. The molecule has 20 heavy (non-hydrogen) atoms.